The molecule has 2 aromatic carbocycles. The molecule has 2 aliphatic rings. The van der Waals surface area contributed by atoms with Gasteiger partial charge in [0.15, 0.2) is 0 Å². The minimum absolute atomic E-state index is 0.0176. The second kappa shape index (κ2) is 10.7. The van der Waals surface area contributed by atoms with Gasteiger partial charge >= 0.3 is 12.1 Å². The van der Waals surface area contributed by atoms with Crippen molar-refractivity contribution in [1.29, 1.82) is 0 Å². The lowest BCUT2D eigenvalue weighted by atomic mass is 9.98. The molecule has 1 saturated heterocycles. The van der Waals surface area contributed by atoms with Crippen LogP contribution < -0.4 is 5.32 Å². The first-order chi connectivity index (χ1) is 16.5. The molecule has 180 valence electrons. The van der Waals surface area contributed by atoms with Gasteiger partial charge < -0.3 is 24.8 Å². The molecule has 8 heteroatoms. The molecule has 0 saturated carbocycles. The van der Waals surface area contributed by atoms with Crippen molar-refractivity contribution >= 4 is 18.0 Å². The molecule has 1 fully saturated rings. The lowest BCUT2D eigenvalue weighted by molar-refractivity contribution is -0.139. The molecule has 1 aliphatic carbocycles. The van der Waals surface area contributed by atoms with Crippen molar-refractivity contribution in [3.05, 3.63) is 59.7 Å². The molecule has 34 heavy (non-hydrogen) atoms. The topological polar surface area (TPSA) is 105 Å². The minimum Gasteiger partial charge on any atom is -0.481 e. The average Bonchev–Trinajstić information content (AvgIpc) is 3.18. The Balaban J connectivity index is 1.42. The number of carboxylic acid groups (broad SMARTS) is 1. The van der Waals surface area contributed by atoms with Crippen LogP contribution >= 0.6 is 0 Å². The normalized spacial score (nSPS) is 17.9. The zero-order chi connectivity index (χ0) is 24.1. The average molecular weight is 467 g/mol. The molecule has 4 rings (SSSR count). The summed E-state index contributed by atoms with van der Waals surface area (Å²) in [6, 6.07) is 15.0. The number of rotatable bonds is 8. The van der Waals surface area contributed by atoms with E-state index in [0.717, 1.165) is 35.1 Å². The Bertz CT molecular complexity index is 1000. The Labute approximate surface area is 198 Å². The van der Waals surface area contributed by atoms with Crippen LogP contribution in [0.25, 0.3) is 11.1 Å². The number of nitrogens with zero attached hydrogens (tertiary/aromatic N) is 1. The predicted octanol–water partition coefficient (Wildman–Crippen LogP) is 3.40. The summed E-state index contributed by atoms with van der Waals surface area (Å²) in [4.78, 5) is 38.5. The number of nitrogens with one attached hydrogen (secondary N) is 1. The standard InChI is InChI=1S/C26H30N2O6/c1-28(17-7-6-14-33-15-17)25(31)23(12-13-24(29)30)27-26(32)34-16-22-20-10-4-2-8-18(20)19-9-3-5-11-21(19)22/h2-5,8-11,17,22-23H,6-7,12-16H2,1H3,(H,27,32)(H,29,30). The fourth-order valence-corrected chi connectivity index (χ4v) is 4.76. The predicted molar refractivity (Wildman–Crippen MR) is 125 cm³/mol. The fraction of sp³-hybridized carbons (Fsp3) is 0.423. The van der Waals surface area contributed by atoms with Gasteiger partial charge in [0.25, 0.3) is 0 Å². The third-order valence-corrected chi connectivity index (χ3v) is 6.61. The third kappa shape index (κ3) is 5.22. The van der Waals surface area contributed by atoms with Crippen molar-refractivity contribution in [3.63, 3.8) is 0 Å². The van der Waals surface area contributed by atoms with Gasteiger partial charge in [-0.15, -0.1) is 0 Å². The molecule has 8 nitrogen and oxygen atoms in total. The van der Waals surface area contributed by atoms with Crippen LogP contribution in [0.2, 0.25) is 0 Å². The van der Waals surface area contributed by atoms with Crippen molar-refractivity contribution in [2.45, 2.75) is 43.7 Å². The van der Waals surface area contributed by atoms with E-state index in [1.807, 2.05) is 36.4 Å². The highest BCUT2D eigenvalue weighted by atomic mass is 16.5. The number of amides is 2. The van der Waals surface area contributed by atoms with Gasteiger partial charge in [0.1, 0.15) is 12.6 Å². The first kappa shape index (κ1) is 23.8. The number of alkyl carbamates (subject to hydrolysis) is 1. The maximum atomic E-state index is 13.1. The highest BCUT2D eigenvalue weighted by Gasteiger charge is 2.32. The first-order valence-electron chi connectivity index (χ1n) is 11.6. The summed E-state index contributed by atoms with van der Waals surface area (Å²) in [6.45, 7) is 1.21. The number of carbonyl (C=O) groups is 3. The third-order valence-electron chi connectivity index (χ3n) is 6.61. The Kier molecular flexibility index (Phi) is 7.47. The largest absolute Gasteiger partial charge is 0.481 e. The van der Waals surface area contributed by atoms with Gasteiger partial charge in [-0.3, -0.25) is 9.59 Å². The van der Waals surface area contributed by atoms with Gasteiger partial charge in [0.05, 0.1) is 12.6 Å². The van der Waals surface area contributed by atoms with E-state index in [1.54, 1.807) is 11.9 Å². The van der Waals surface area contributed by atoms with Crippen LogP contribution in [0.5, 0.6) is 0 Å². The Morgan fingerprint density at radius 2 is 1.76 bits per heavy atom. The van der Waals surface area contributed by atoms with E-state index in [0.29, 0.717) is 13.2 Å². The molecule has 1 aliphatic heterocycles. The number of benzene rings is 2. The number of hydrogen-bond acceptors (Lipinski definition) is 5. The summed E-state index contributed by atoms with van der Waals surface area (Å²) in [6.07, 6.45) is 0.658. The summed E-state index contributed by atoms with van der Waals surface area (Å²) >= 11 is 0. The second-order valence-corrected chi connectivity index (χ2v) is 8.77. The van der Waals surface area contributed by atoms with Crippen LogP contribution in [0.4, 0.5) is 4.79 Å². The van der Waals surface area contributed by atoms with Crippen LogP contribution in [0.15, 0.2) is 48.5 Å². The zero-order valence-corrected chi connectivity index (χ0v) is 19.2. The second-order valence-electron chi connectivity index (χ2n) is 8.77. The molecular formula is C26H30N2O6. The van der Waals surface area contributed by atoms with Crippen LogP contribution in [-0.4, -0.2) is 66.9 Å². The Morgan fingerprint density at radius 1 is 1.12 bits per heavy atom. The van der Waals surface area contributed by atoms with Gasteiger partial charge in [0.2, 0.25) is 5.91 Å². The zero-order valence-electron chi connectivity index (χ0n) is 19.2. The van der Waals surface area contributed by atoms with Crippen molar-refractivity contribution < 1.29 is 29.0 Å². The molecule has 2 atom stereocenters. The van der Waals surface area contributed by atoms with Crippen LogP contribution in [0.3, 0.4) is 0 Å². The minimum atomic E-state index is -1.03. The maximum Gasteiger partial charge on any atom is 0.407 e. The van der Waals surface area contributed by atoms with E-state index < -0.39 is 18.1 Å². The number of carbonyl (C=O) groups excluding carboxylic acids is 2. The van der Waals surface area contributed by atoms with Crippen molar-refractivity contribution in [2.75, 3.05) is 26.9 Å². The van der Waals surface area contributed by atoms with Crippen molar-refractivity contribution in [1.82, 2.24) is 10.2 Å². The van der Waals surface area contributed by atoms with E-state index in [4.69, 9.17) is 14.6 Å². The molecular weight excluding hydrogens is 436 g/mol. The lowest BCUT2D eigenvalue weighted by Gasteiger charge is -2.33. The van der Waals surface area contributed by atoms with Gasteiger partial charge in [-0.05, 0) is 41.5 Å². The van der Waals surface area contributed by atoms with E-state index >= 15 is 0 Å². The number of aliphatic carboxylic acids is 1. The molecule has 2 aromatic rings. The summed E-state index contributed by atoms with van der Waals surface area (Å²) in [5.41, 5.74) is 4.43. The SMILES string of the molecule is CN(C(=O)C(CCC(=O)O)NC(=O)OCC1c2ccccc2-c2ccccc21)C1CCCOC1. The fourth-order valence-electron chi connectivity index (χ4n) is 4.76. The molecule has 0 bridgehead atoms. The molecule has 0 aromatic heterocycles. The van der Waals surface area contributed by atoms with Gasteiger partial charge in [-0.1, -0.05) is 48.5 Å². The summed E-state index contributed by atoms with van der Waals surface area (Å²) < 4.78 is 11.0. The maximum absolute atomic E-state index is 13.1. The van der Waals surface area contributed by atoms with E-state index in [-0.39, 0.29) is 37.3 Å². The van der Waals surface area contributed by atoms with Crippen LogP contribution in [0, 0.1) is 0 Å². The molecule has 2 amide bonds. The van der Waals surface area contributed by atoms with Crippen molar-refractivity contribution in [3.8, 4) is 11.1 Å². The smallest absolute Gasteiger partial charge is 0.407 e. The molecule has 2 unspecified atom stereocenters. The number of likely N-dealkylation sites (N-methyl/N-ethyl adjacent to an activating group) is 1. The molecule has 0 spiro atoms. The highest BCUT2D eigenvalue weighted by molar-refractivity contribution is 5.86. The first-order valence-corrected chi connectivity index (χ1v) is 11.6. The van der Waals surface area contributed by atoms with Gasteiger partial charge in [-0.2, -0.15) is 0 Å². The van der Waals surface area contributed by atoms with E-state index in [9.17, 15) is 14.4 Å². The van der Waals surface area contributed by atoms with Crippen LogP contribution in [-0.2, 0) is 19.1 Å². The lowest BCUT2D eigenvalue weighted by Crippen LogP contribution is -2.52. The molecule has 0 radical (unpaired) electrons. The highest BCUT2D eigenvalue weighted by Crippen LogP contribution is 2.44. The molecule has 1 heterocycles. The summed E-state index contributed by atoms with van der Waals surface area (Å²) in [5, 5.41) is 11.7. The molecule has 2 N–H and O–H groups in total. The van der Waals surface area contributed by atoms with Gasteiger partial charge in [0, 0.05) is 26.0 Å². The van der Waals surface area contributed by atoms with Gasteiger partial charge in [-0.25, -0.2) is 4.79 Å². The monoisotopic (exact) mass is 466 g/mol. The van der Waals surface area contributed by atoms with Crippen LogP contribution in [0.1, 0.15) is 42.7 Å². The van der Waals surface area contributed by atoms with E-state index in [2.05, 4.69) is 17.4 Å². The number of ether oxygens (including phenoxy) is 2. The number of carboxylic acids is 1. The Morgan fingerprint density at radius 3 is 2.35 bits per heavy atom. The van der Waals surface area contributed by atoms with E-state index in [1.165, 1.54) is 0 Å². The quantitative estimate of drug-likeness (QED) is 0.618. The number of fused-ring (bicyclic) bond motifs is 3. The number of hydrogen-bond donors (Lipinski definition) is 2. The summed E-state index contributed by atoms with van der Waals surface area (Å²) in [7, 11) is 1.66. The summed E-state index contributed by atoms with van der Waals surface area (Å²) in [5.74, 6) is -1.48. The van der Waals surface area contributed by atoms with Crippen molar-refractivity contribution in [2.24, 2.45) is 0 Å². The Hall–Kier alpha value is -3.39.